The predicted molar refractivity (Wildman–Crippen MR) is 85.1 cm³/mol. The van der Waals surface area contributed by atoms with Crippen LogP contribution in [0.3, 0.4) is 0 Å². The summed E-state index contributed by atoms with van der Waals surface area (Å²) in [5.74, 6) is -4.54. The van der Waals surface area contributed by atoms with Gasteiger partial charge in [0.25, 0.3) is 0 Å². The van der Waals surface area contributed by atoms with Gasteiger partial charge in [-0.05, 0) is 36.8 Å². The molecule has 8 nitrogen and oxygen atoms in total. The molecule has 0 amide bonds. The Labute approximate surface area is 142 Å². The standard InChI is InChI=1S/C17H16O8/c1-2-5-24-16(22)10-7-13(20)15(21)14(8-10)25-17(23)9-3-4-11(18)12(19)6-9/h3-4,6-8,18-21H,2,5H2,1H3. The topological polar surface area (TPSA) is 134 Å². The second kappa shape index (κ2) is 7.43. The fourth-order valence-electron chi connectivity index (χ4n) is 1.88. The first-order valence-electron chi connectivity index (χ1n) is 7.30. The molecule has 0 radical (unpaired) electrons. The highest BCUT2D eigenvalue weighted by Gasteiger charge is 2.19. The summed E-state index contributed by atoms with van der Waals surface area (Å²) in [6.45, 7) is 1.98. The molecule has 0 fully saturated rings. The number of phenolic OH excluding ortho intramolecular Hbond substituents is 4. The molecule has 8 heteroatoms. The van der Waals surface area contributed by atoms with Crippen LogP contribution in [0.25, 0.3) is 0 Å². The van der Waals surface area contributed by atoms with Crippen LogP contribution in [0.2, 0.25) is 0 Å². The Morgan fingerprint density at radius 3 is 2.20 bits per heavy atom. The van der Waals surface area contributed by atoms with Crippen molar-refractivity contribution in [2.75, 3.05) is 6.61 Å². The van der Waals surface area contributed by atoms with Crippen molar-refractivity contribution in [3.63, 3.8) is 0 Å². The van der Waals surface area contributed by atoms with Crippen molar-refractivity contribution >= 4 is 11.9 Å². The van der Waals surface area contributed by atoms with Crippen LogP contribution in [0, 0.1) is 0 Å². The first-order valence-corrected chi connectivity index (χ1v) is 7.30. The van der Waals surface area contributed by atoms with Crippen molar-refractivity contribution in [2.45, 2.75) is 13.3 Å². The first-order chi connectivity index (χ1) is 11.8. The van der Waals surface area contributed by atoms with Crippen molar-refractivity contribution in [3.05, 3.63) is 41.5 Å². The van der Waals surface area contributed by atoms with Crippen LogP contribution in [0.5, 0.6) is 28.7 Å². The van der Waals surface area contributed by atoms with E-state index in [-0.39, 0.29) is 17.7 Å². The fraction of sp³-hybridized carbons (Fsp3) is 0.176. The van der Waals surface area contributed by atoms with E-state index in [4.69, 9.17) is 9.47 Å². The number of ether oxygens (including phenoxy) is 2. The average Bonchev–Trinajstić information content (AvgIpc) is 2.58. The molecular formula is C17H16O8. The average molecular weight is 348 g/mol. The Morgan fingerprint density at radius 1 is 0.880 bits per heavy atom. The Morgan fingerprint density at radius 2 is 1.56 bits per heavy atom. The lowest BCUT2D eigenvalue weighted by Crippen LogP contribution is -2.10. The molecule has 0 atom stereocenters. The molecular weight excluding hydrogens is 332 g/mol. The van der Waals surface area contributed by atoms with Crippen molar-refractivity contribution in [3.8, 4) is 28.7 Å². The molecule has 4 N–H and O–H groups in total. The highest BCUT2D eigenvalue weighted by molar-refractivity contribution is 5.94. The van der Waals surface area contributed by atoms with E-state index in [9.17, 15) is 30.0 Å². The van der Waals surface area contributed by atoms with Crippen LogP contribution < -0.4 is 4.74 Å². The normalized spacial score (nSPS) is 10.3. The van der Waals surface area contributed by atoms with E-state index in [0.29, 0.717) is 6.42 Å². The quantitative estimate of drug-likeness (QED) is 0.367. The van der Waals surface area contributed by atoms with Gasteiger partial charge in [0, 0.05) is 0 Å². The van der Waals surface area contributed by atoms with Crippen LogP contribution in [-0.4, -0.2) is 39.0 Å². The lowest BCUT2D eigenvalue weighted by molar-refractivity contribution is 0.0502. The molecule has 0 unspecified atom stereocenters. The number of phenols is 4. The fourth-order valence-corrected chi connectivity index (χ4v) is 1.88. The number of esters is 2. The predicted octanol–water partition coefficient (Wildman–Crippen LogP) is 2.30. The molecule has 0 saturated carbocycles. The molecule has 0 spiro atoms. The van der Waals surface area contributed by atoms with Gasteiger partial charge in [0.05, 0.1) is 17.7 Å². The third kappa shape index (κ3) is 4.11. The lowest BCUT2D eigenvalue weighted by atomic mass is 10.1. The maximum absolute atomic E-state index is 12.1. The van der Waals surface area contributed by atoms with Crippen molar-refractivity contribution in [1.29, 1.82) is 0 Å². The second-order valence-corrected chi connectivity index (χ2v) is 5.07. The summed E-state index contributed by atoms with van der Waals surface area (Å²) in [7, 11) is 0. The highest BCUT2D eigenvalue weighted by Crippen LogP contribution is 2.37. The summed E-state index contributed by atoms with van der Waals surface area (Å²) in [6.07, 6.45) is 0.599. The van der Waals surface area contributed by atoms with Gasteiger partial charge in [0.2, 0.25) is 5.75 Å². The Hall–Kier alpha value is -3.42. The number of hydrogen-bond acceptors (Lipinski definition) is 8. The van der Waals surface area contributed by atoms with Gasteiger partial charge in [-0.15, -0.1) is 0 Å². The minimum Gasteiger partial charge on any atom is -0.504 e. The van der Waals surface area contributed by atoms with Crippen LogP contribution in [0.4, 0.5) is 0 Å². The zero-order valence-electron chi connectivity index (χ0n) is 13.2. The number of benzene rings is 2. The molecule has 0 aromatic heterocycles. The van der Waals surface area contributed by atoms with E-state index >= 15 is 0 Å². The largest absolute Gasteiger partial charge is 0.504 e. The SMILES string of the molecule is CCCOC(=O)c1cc(O)c(O)c(OC(=O)c2ccc(O)c(O)c2)c1. The number of carbonyl (C=O) groups is 2. The van der Waals surface area contributed by atoms with Gasteiger partial charge in [-0.3, -0.25) is 0 Å². The van der Waals surface area contributed by atoms with Crippen molar-refractivity contribution < 1.29 is 39.5 Å². The smallest absolute Gasteiger partial charge is 0.343 e. The van der Waals surface area contributed by atoms with Crippen molar-refractivity contribution in [1.82, 2.24) is 0 Å². The Balaban J connectivity index is 2.28. The summed E-state index contributed by atoms with van der Waals surface area (Å²) in [5.41, 5.74) is -0.228. The van der Waals surface area contributed by atoms with Gasteiger partial charge in [0.1, 0.15) is 0 Å². The molecule has 0 aliphatic heterocycles. The van der Waals surface area contributed by atoms with Crippen LogP contribution >= 0.6 is 0 Å². The van der Waals surface area contributed by atoms with E-state index < -0.39 is 40.7 Å². The number of aromatic hydroxyl groups is 4. The maximum atomic E-state index is 12.1. The summed E-state index contributed by atoms with van der Waals surface area (Å²) >= 11 is 0. The molecule has 132 valence electrons. The van der Waals surface area contributed by atoms with Crippen LogP contribution in [0.15, 0.2) is 30.3 Å². The van der Waals surface area contributed by atoms with Gasteiger partial charge in [0.15, 0.2) is 23.0 Å². The third-order valence-electron chi connectivity index (χ3n) is 3.14. The zero-order chi connectivity index (χ0) is 18.6. The van der Waals surface area contributed by atoms with Gasteiger partial charge in [-0.25, -0.2) is 9.59 Å². The van der Waals surface area contributed by atoms with E-state index in [0.717, 1.165) is 24.3 Å². The monoisotopic (exact) mass is 348 g/mol. The Kier molecular flexibility index (Phi) is 5.33. The number of rotatable bonds is 5. The van der Waals surface area contributed by atoms with Gasteiger partial charge >= 0.3 is 11.9 Å². The summed E-state index contributed by atoms with van der Waals surface area (Å²) in [4.78, 5) is 23.9. The molecule has 25 heavy (non-hydrogen) atoms. The lowest BCUT2D eigenvalue weighted by Gasteiger charge is -2.10. The van der Waals surface area contributed by atoms with Crippen molar-refractivity contribution in [2.24, 2.45) is 0 Å². The van der Waals surface area contributed by atoms with Crippen LogP contribution in [-0.2, 0) is 4.74 Å². The minimum absolute atomic E-state index is 0.111. The molecule has 0 heterocycles. The first kappa shape index (κ1) is 17.9. The molecule has 2 rings (SSSR count). The highest BCUT2D eigenvalue weighted by atomic mass is 16.5. The number of hydrogen-bond donors (Lipinski definition) is 4. The van der Waals surface area contributed by atoms with Gasteiger partial charge < -0.3 is 29.9 Å². The Bertz CT molecular complexity index is 813. The third-order valence-corrected chi connectivity index (χ3v) is 3.14. The molecule has 2 aromatic rings. The maximum Gasteiger partial charge on any atom is 0.343 e. The van der Waals surface area contributed by atoms with E-state index in [2.05, 4.69) is 0 Å². The molecule has 0 aliphatic carbocycles. The summed E-state index contributed by atoms with van der Waals surface area (Å²) < 4.78 is 9.87. The summed E-state index contributed by atoms with van der Waals surface area (Å²) in [6, 6.07) is 5.27. The van der Waals surface area contributed by atoms with E-state index in [1.807, 2.05) is 6.92 Å². The van der Waals surface area contributed by atoms with Gasteiger partial charge in [-0.1, -0.05) is 6.92 Å². The second-order valence-electron chi connectivity index (χ2n) is 5.07. The summed E-state index contributed by atoms with van der Waals surface area (Å²) in [5, 5.41) is 38.1. The number of carbonyl (C=O) groups excluding carboxylic acids is 2. The van der Waals surface area contributed by atoms with Gasteiger partial charge in [-0.2, -0.15) is 0 Å². The molecule has 0 bridgehead atoms. The molecule has 2 aromatic carbocycles. The zero-order valence-corrected chi connectivity index (χ0v) is 13.2. The minimum atomic E-state index is -0.982. The van der Waals surface area contributed by atoms with E-state index in [1.165, 1.54) is 6.07 Å². The molecule has 0 aliphatic rings. The molecule has 0 saturated heterocycles. The van der Waals surface area contributed by atoms with E-state index in [1.54, 1.807) is 0 Å². The van der Waals surface area contributed by atoms with Crippen LogP contribution in [0.1, 0.15) is 34.1 Å².